The average molecular weight is 406 g/mol. The van der Waals surface area contributed by atoms with E-state index in [0.29, 0.717) is 32.6 Å². The van der Waals surface area contributed by atoms with Crippen molar-refractivity contribution in [1.29, 1.82) is 0 Å². The Bertz CT molecular complexity index is 956. The maximum Gasteiger partial charge on any atom is 0.224 e. The molecule has 7 heteroatoms. The highest BCUT2D eigenvalue weighted by atomic mass is 16.5. The van der Waals surface area contributed by atoms with Gasteiger partial charge >= 0.3 is 0 Å². The monoisotopic (exact) mass is 406 g/mol. The van der Waals surface area contributed by atoms with E-state index < -0.39 is 0 Å². The molecule has 2 aromatic carbocycles. The Balaban J connectivity index is 1.58. The van der Waals surface area contributed by atoms with Crippen LogP contribution in [-0.4, -0.2) is 34.6 Å². The van der Waals surface area contributed by atoms with Crippen molar-refractivity contribution in [2.45, 2.75) is 32.0 Å². The molecular formula is C23H26N4O3. The molecule has 2 atom stereocenters. The van der Waals surface area contributed by atoms with Gasteiger partial charge in [0.05, 0.1) is 31.6 Å². The zero-order valence-corrected chi connectivity index (χ0v) is 17.0. The lowest BCUT2D eigenvalue weighted by atomic mass is 9.92. The Morgan fingerprint density at radius 1 is 1.17 bits per heavy atom. The number of nitrogens with one attached hydrogen (secondary N) is 1. The molecule has 4 rings (SSSR count). The smallest absolute Gasteiger partial charge is 0.224 e. The number of methoxy groups -OCH3 is 1. The molecule has 0 saturated heterocycles. The summed E-state index contributed by atoms with van der Waals surface area (Å²) in [6.07, 6.45) is 3.81. The number of nitrogens with zero attached hydrogens (tertiary/aromatic N) is 3. The van der Waals surface area contributed by atoms with Gasteiger partial charge in [-0.05, 0) is 42.5 Å². The highest BCUT2D eigenvalue weighted by Gasteiger charge is 2.25. The van der Waals surface area contributed by atoms with Crippen LogP contribution in [0.5, 0.6) is 5.75 Å². The average Bonchev–Trinajstić information content (AvgIpc) is 3.23. The number of amides is 1. The largest absolute Gasteiger partial charge is 0.497 e. The minimum Gasteiger partial charge on any atom is -0.497 e. The summed E-state index contributed by atoms with van der Waals surface area (Å²) in [7, 11) is 1.65. The standard InChI is InChI=1S/C23H26N4O3/c1-29-21-11-7-17(8-12-21)13-19-9-10-20-14-24-26-27(20)16-30-15-22(25-23(19)28)18-5-3-2-4-6-18/h2-8,11-12,14,19,22H,9-10,13,15-16H2,1H3,(H,25,28)/t19-,22+/m0/s1. The minimum atomic E-state index is -0.220. The zero-order valence-electron chi connectivity index (χ0n) is 17.0. The minimum absolute atomic E-state index is 0.0317. The summed E-state index contributed by atoms with van der Waals surface area (Å²) < 4.78 is 12.9. The van der Waals surface area contributed by atoms with Crippen LogP contribution in [0.15, 0.2) is 60.8 Å². The van der Waals surface area contributed by atoms with Gasteiger partial charge in [-0.1, -0.05) is 47.7 Å². The van der Waals surface area contributed by atoms with E-state index in [9.17, 15) is 4.79 Å². The molecule has 0 unspecified atom stereocenters. The van der Waals surface area contributed by atoms with Crippen LogP contribution in [-0.2, 0) is 29.1 Å². The van der Waals surface area contributed by atoms with Crippen LogP contribution in [0.1, 0.15) is 29.3 Å². The van der Waals surface area contributed by atoms with Crippen LogP contribution < -0.4 is 10.1 Å². The summed E-state index contributed by atoms with van der Waals surface area (Å²) in [4.78, 5) is 13.3. The Hall–Kier alpha value is -3.19. The number of fused-ring (bicyclic) bond motifs is 1. The summed E-state index contributed by atoms with van der Waals surface area (Å²) in [5.74, 6) is 0.664. The molecule has 1 amide bonds. The lowest BCUT2D eigenvalue weighted by molar-refractivity contribution is -0.126. The molecule has 30 heavy (non-hydrogen) atoms. The zero-order chi connectivity index (χ0) is 20.8. The van der Waals surface area contributed by atoms with E-state index in [1.54, 1.807) is 18.0 Å². The molecule has 0 spiro atoms. The maximum atomic E-state index is 13.3. The Morgan fingerprint density at radius 2 is 1.97 bits per heavy atom. The first kappa shape index (κ1) is 20.1. The summed E-state index contributed by atoms with van der Waals surface area (Å²) in [6.45, 7) is 0.683. The molecule has 0 radical (unpaired) electrons. The number of hydrogen-bond donors (Lipinski definition) is 1. The van der Waals surface area contributed by atoms with Crippen LogP contribution in [0.4, 0.5) is 0 Å². The third-order valence-corrected chi connectivity index (χ3v) is 5.48. The van der Waals surface area contributed by atoms with Crippen molar-refractivity contribution in [2.75, 3.05) is 13.7 Å². The quantitative estimate of drug-likeness (QED) is 0.721. The third-order valence-electron chi connectivity index (χ3n) is 5.48. The second-order valence-electron chi connectivity index (χ2n) is 7.48. The van der Waals surface area contributed by atoms with Crippen LogP contribution in [0.2, 0.25) is 0 Å². The van der Waals surface area contributed by atoms with Gasteiger partial charge in [0.15, 0.2) is 0 Å². The van der Waals surface area contributed by atoms with E-state index >= 15 is 0 Å². The van der Waals surface area contributed by atoms with Gasteiger partial charge in [-0.15, -0.1) is 5.10 Å². The van der Waals surface area contributed by atoms with Crippen molar-refractivity contribution in [2.24, 2.45) is 5.92 Å². The fourth-order valence-corrected chi connectivity index (χ4v) is 3.73. The van der Waals surface area contributed by atoms with Crippen LogP contribution >= 0.6 is 0 Å². The van der Waals surface area contributed by atoms with Gasteiger partial charge < -0.3 is 14.8 Å². The van der Waals surface area contributed by atoms with E-state index in [-0.39, 0.29) is 17.9 Å². The molecule has 0 aliphatic carbocycles. The molecule has 7 nitrogen and oxygen atoms in total. The summed E-state index contributed by atoms with van der Waals surface area (Å²) >= 11 is 0. The van der Waals surface area contributed by atoms with Gasteiger partial charge in [0, 0.05) is 5.92 Å². The van der Waals surface area contributed by atoms with Crippen molar-refractivity contribution >= 4 is 5.91 Å². The van der Waals surface area contributed by atoms with Gasteiger partial charge in [0.2, 0.25) is 5.91 Å². The van der Waals surface area contributed by atoms with E-state index in [4.69, 9.17) is 9.47 Å². The molecule has 2 heterocycles. The SMILES string of the molecule is COc1ccc(C[C@@H]2CCc3cnnn3COC[C@H](c3ccccc3)NC2=O)cc1. The number of ether oxygens (including phenoxy) is 2. The van der Waals surface area contributed by atoms with E-state index in [0.717, 1.165) is 22.6 Å². The number of carbonyl (C=O) groups excluding carboxylic acids is 1. The first-order chi connectivity index (χ1) is 14.7. The predicted molar refractivity (Wildman–Crippen MR) is 112 cm³/mol. The molecule has 0 fully saturated rings. The van der Waals surface area contributed by atoms with E-state index in [1.165, 1.54) is 0 Å². The molecule has 3 aromatic rings. The van der Waals surface area contributed by atoms with Gasteiger partial charge in [0.1, 0.15) is 12.5 Å². The molecule has 1 aliphatic rings. The summed E-state index contributed by atoms with van der Waals surface area (Å²) in [5.41, 5.74) is 3.10. The fourth-order valence-electron chi connectivity index (χ4n) is 3.73. The van der Waals surface area contributed by atoms with Crippen LogP contribution in [0.3, 0.4) is 0 Å². The van der Waals surface area contributed by atoms with E-state index in [2.05, 4.69) is 15.6 Å². The molecular weight excluding hydrogens is 380 g/mol. The lowest BCUT2D eigenvalue weighted by Gasteiger charge is -2.22. The van der Waals surface area contributed by atoms with Gasteiger partial charge in [-0.3, -0.25) is 4.79 Å². The van der Waals surface area contributed by atoms with Crippen molar-refractivity contribution in [3.05, 3.63) is 77.6 Å². The topological polar surface area (TPSA) is 78.3 Å². The van der Waals surface area contributed by atoms with Crippen molar-refractivity contribution < 1.29 is 14.3 Å². The van der Waals surface area contributed by atoms with Crippen LogP contribution in [0, 0.1) is 5.92 Å². The number of carbonyl (C=O) groups is 1. The summed E-state index contributed by atoms with van der Waals surface area (Å²) in [5, 5.41) is 11.4. The second kappa shape index (κ2) is 9.54. The van der Waals surface area contributed by atoms with Gasteiger partial charge in [0.25, 0.3) is 0 Å². The molecule has 0 saturated carbocycles. The maximum absolute atomic E-state index is 13.3. The molecule has 1 N–H and O–H groups in total. The fraction of sp³-hybridized carbons (Fsp3) is 0.348. The lowest BCUT2D eigenvalue weighted by Crippen LogP contribution is -2.37. The molecule has 156 valence electrons. The predicted octanol–water partition coefficient (Wildman–Crippen LogP) is 2.92. The molecule has 0 bridgehead atoms. The van der Waals surface area contributed by atoms with Gasteiger partial charge in [-0.25, -0.2) is 4.68 Å². The normalized spacial score (nSPS) is 20.0. The number of benzene rings is 2. The highest BCUT2D eigenvalue weighted by molar-refractivity contribution is 5.79. The number of aromatic nitrogens is 3. The highest BCUT2D eigenvalue weighted by Crippen LogP contribution is 2.22. The Morgan fingerprint density at radius 3 is 2.73 bits per heavy atom. The first-order valence-corrected chi connectivity index (χ1v) is 10.2. The second-order valence-corrected chi connectivity index (χ2v) is 7.48. The number of rotatable bonds is 4. The first-order valence-electron chi connectivity index (χ1n) is 10.2. The van der Waals surface area contributed by atoms with Crippen molar-refractivity contribution in [1.82, 2.24) is 20.3 Å². The Kier molecular flexibility index (Phi) is 6.39. The van der Waals surface area contributed by atoms with Crippen LogP contribution in [0.25, 0.3) is 0 Å². The number of hydrogen-bond acceptors (Lipinski definition) is 5. The van der Waals surface area contributed by atoms with Gasteiger partial charge in [-0.2, -0.15) is 0 Å². The molecule has 1 aliphatic heterocycles. The van der Waals surface area contributed by atoms with Crippen molar-refractivity contribution in [3.8, 4) is 5.75 Å². The third kappa shape index (κ3) is 4.86. The Labute approximate surface area is 176 Å². The van der Waals surface area contributed by atoms with E-state index in [1.807, 2.05) is 54.6 Å². The number of aryl methyl sites for hydroxylation is 1. The van der Waals surface area contributed by atoms with Crippen molar-refractivity contribution in [3.63, 3.8) is 0 Å². The molecule has 1 aromatic heterocycles. The summed E-state index contributed by atoms with van der Waals surface area (Å²) in [6, 6.07) is 17.6.